The fourth-order valence-electron chi connectivity index (χ4n) is 2.04. The summed E-state index contributed by atoms with van der Waals surface area (Å²) in [7, 11) is 0. The first-order chi connectivity index (χ1) is 8.96. The van der Waals surface area contributed by atoms with Crippen LogP contribution in [0.4, 0.5) is 0 Å². The molecule has 2 N–H and O–H groups in total. The van der Waals surface area contributed by atoms with Crippen LogP contribution in [0.25, 0.3) is 11.0 Å². The minimum Gasteiger partial charge on any atom is -0.459 e. The first-order valence-electron chi connectivity index (χ1n) is 6.92. The molecule has 2 aromatic rings. The van der Waals surface area contributed by atoms with Crippen molar-refractivity contribution in [3.63, 3.8) is 0 Å². The van der Waals surface area contributed by atoms with E-state index in [1.165, 1.54) is 5.39 Å². The van der Waals surface area contributed by atoms with E-state index < -0.39 is 0 Å². The van der Waals surface area contributed by atoms with Gasteiger partial charge in [-0.25, -0.2) is 0 Å². The minimum atomic E-state index is 0.171. The number of nitrogens with one attached hydrogen (secondary N) is 2. The summed E-state index contributed by atoms with van der Waals surface area (Å²) >= 11 is 0. The van der Waals surface area contributed by atoms with Crippen LogP contribution in [-0.4, -0.2) is 18.6 Å². The average Bonchev–Trinajstić information content (AvgIpc) is 2.77. The Morgan fingerprint density at radius 3 is 2.58 bits per heavy atom. The molecule has 3 heteroatoms. The van der Waals surface area contributed by atoms with Gasteiger partial charge in [0.1, 0.15) is 11.3 Å². The number of rotatable bonds is 5. The highest BCUT2D eigenvalue weighted by Crippen LogP contribution is 2.23. The van der Waals surface area contributed by atoms with E-state index in [1.807, 2.05) is 18.2 Å². The smallest absolute Gasteiger partial charge is 0.134 e. The van der Waals surface area contributed by atoms with Gasteiger partial charge in [-0.05, 0) is 39.8 Å². The monoisotopic (exact) mass is 260 g/mol. The molecule has 0 spiro atoms. The van der Waals surface area contributed by atoms with E-state index in [4.69, 9.17) is 4.42 Å². The first-order valence-corrected chi connectivity index (χ1v) is 6.92. The molecule has 1 unspecified atom stereocenters. The summed E-state index contributed by atoms with van der Waals surface area (Å²) in [4.78, 5) is 0. The van der Waals surface area contributed by atoms with Gasteiger partial charge < -0.3 is 15.1 Å². The lowest BCUT2D eigenvalue weighted by Crippen LogP contribution is -2.40. The summed E-state index contributed by atoms with van der Waals surface area (Å²) in [5, 5.41) is 8.10. The molecule has 0 bridgehead atoms. The third-order valence-electron chi connectivity index (χ3n) is 3.10. The second-order valence-corrected chi connectivity index (χ2v) is 6.04. The van der Waals surface area contributed by atoms with Crippen LogP contribution in [0.2, 0.25) is 0 Å². The van der Waals surface area contributed by atoms with Crippen LogP contribution < -0.4 is 10.6 Å². The molecule has 0 aliphatic rings. The molecule has 104 valence electrons. The van der Waals surface area contributed by atoms with Crippen LogP contribution in [-0.2, 0) is 0 Å². The van der Waals surface area contributed by atoms with Crippen LogP contribution >= 0.6 is 0 Å². The average molecular weight is 260 g/mol. The molecule has 0 saturated carbocycles. The van der Waals surface area contributed by atoms with Gasteiger partial charge in [-0.3, -0.25) is 0 Å². The normalized spacial score (nSPS) is 13.9. The highest BCUT2D eigenvalue weighted by atomic mass is 16.3. The van der Waals surface area contributed by atoms with E-state index >= 15 is 0 Å². The topological polar surface area (TPSA) is 37.2 Å². The predicted molar refractivity (Wildman–Crippen MR) is 80.4 cm³/mol. The second kappa shape index (κ2) is 5.76. The third-order valence-corrected chi connectivity index (χ3v) is 3.10. The number of furan rings is 1. The van der Waals surface area contributed by atoms with Gasteiger partial charge in [0, 0.05) is 24.0 Å². The van der Waals surface area contributed by atoms with Gasteiger partial charge in [0.2, 0.25) is 0 Å². The van der Waals surface area contributed by atoms with E-state index in [9.17, 15) is 0 Å². The highest BCUT2D eigenvalue weighted by molar-refractivity contribution is 5.77. The summed E-state index contributed by atoms with van der Waals surface area (Å²) in [6, 6.07) is 10.5. The van der Waals surface area contributed by atoms with E-state index in [0.717, 1.165) is 24.4 Å². The number of para-hydroxylation sites is 1. The lowest BCUT2D eigenvalue weighted by Gasteiger charge is -2.21. The summed E-state index contributed by atoms with van der Waals surface area (Å²) in [6.07, 6.45) is 0. The number of hydrogen-bond donors (Lipinski definition) is 2. The molecule has 0 aliphatic carbocycles. The van der Waals surface area contributed by atoms with Crippen LogP contribution in [0.3, 0.4) is 0 Å². The van der Waals surface area contributed by atoms with Crippen LogP contribution in [0.15, 0.2) is 34.7 Å². The van der Waals surface area contributed by atoms with Crippen molar-refractivity contribution in [2.24, 2.45) is 0 Å². The van der Waals surface area contributed by atoms with E-state index in [1.54, 1.807) is 0 Å². The Kier molecular flexibility index (Phi) is 4.27. The summed E-state index contributed by atoms with van der Waals surface area (Å²) < 4.78 is 5.84. The molecule has 0 saturated heterocycles. The number of hydrogen-bond acceptors (Lipinski definition) is 3. The van der Waals surface area contributed by atoms with E-state index in [-0.39, 0.29) is 11.6 Å². The Hall–Kier alpha value is -1.32. The van der Waals surface area contributed by atoms with Gasteiger partial charge in [0.25, 0.3) is 0 Å². The van der Waals surface area contributed by atoms with Crippen LogP contribution in [0.1, 0.15) is 39.5 Å². The molecule has 1 aromatic carbocycles. The van der Waals surface area contributed by atoms with Gasteiger partial charge in [0.05, 0.1) is 6.04 Å². The van der Waals surface area contributed by atoms with Crippen molar-refractivity contribution in [1.82, 2.24) is 10.6 Å². The van der Waals surface area contributed by atoms with Crippen molar-refractivity contribution < 1.29 is 4.42 Å². The fraction of sp³-hybridized carbons (Fsp3) is 0.500. The first kappa shape index (κ1) is 14.1. The van der Waals surface area contributed by atoms with Crippen molar-refractivity contribution in [2.45, 2.75) is 39.3 Å². The summed E-state index contributed by atoms with van der Waals surface area (Å²) in [5.74, 6) is 0.997. The van der Waals surface area contributed by atoms with Crippen molar-refractivity contribution in [1.29, 1.82) is 0 Å². The Morgan fingerprint density at radius 1 is 1.16 bits per heavy atom. The molecule has 1 aromatic heterocycles. The van der Waals surface area contributed by atoms with E-state index in [2.05, 4.69) is 50.5 Å². The molecule has 1 heterocycles. The molecule has 0 fully saturated rings. The maximum Gasteiger partial charge on any atom is 0.134 e. The van der Waals surface area contributed by atoms with Gasteiger partial charge in [0.15, 0.2) is 0 Å². The Bertz CT molecular complexity index is 492. The summed E-state index contributed by atoms with van der Waals surface area (Å²) in [5.41, 5.74) is 1.13. The maximum atomic E-state index is 5.84. The molecule has 0 amide bonds. The zero-order chi connectivity index (χ0) is 13.9. The Morgan fingerprint density at radius 2 is 1.89 bits per heavy atom. The standard InChI is InChI=1S/C16H24N2O/c1-12(17-9-10-18-16(2,3)4)15-11-13-7-5-6-8-14(13)19-15/h5-8,11-12,17-18H,9-10H2,1-4H3. The predicted octanol–water partition coefficient (Wildman–Crippen LogP) is 3.47. The fourth-order valence-corrected chi connectivity index (χ4v) is 2.04. The second-order valence-electron chi connectivity index (χ2n) is 6.04. The molecule has 0 aliphatic heterocycles. The van der Waals surface area contributed by atoms with Gasteiger partial charge in [-0.1, -0.05) is 18.2 Å². The van der Waals surface area contributed by atoms with Crippen molar-refractivity contribution in [3.8, 4) is 0 Å². The van der Waals surface area contributed by atoms with Crippen LogP contribution in [0.5, 0.6) is 0 Å². The molecule has 2 rings (SSSR count). The van der Waals surface area contributed by atoms with Crippen molar-refractivity contribution in [3.05, 3.63) is 36.1 Å². The molecular weight excluding hydrogens is 236 g/mol. The van der Waals surface area contributed by atoms with Crippen molar-refractivity contribution >= 4 is 11.0 Å². The molecule has 1 atom stereocenters. The van der Waals surface area contributed by atoms with E-state index in [0.29, 0.717) is 0 Å². The van der Waals surface area contributed by atoms with Gasteiger partial charge in [-0.15, -0.1) is 0 Å². The minimum absolute atomic E-state index is 0.171. The third kappa shape index (κ3) is 4.08. The molecule has 0 radical (unpaired) electrons. The Balaban J connectivity index is 1.87. The number of fused-ring (bicyclic) bond motifs is 1. The number of benzene rings is 1. The van der Waals surface area contributed by atoms with Gasteiger partial charge in [-0.2, -0.15) is 0 Å². The maximum absolute atomic E-state index is 5.84. The molecule has 19 heavy (non-hydrogen) atoms. The Labute approximate surface area is 115 Å². The van der Waals surface area contributed by atoms with Crippen molar-refractivity contribution in [2.75, 3.05) is 13.1 Å². The SMILES string of the molecule is CC(NCCNC(C)(C)C)c1cc2ccccc2o1. The highest BCUT2D eigenvalue weighted by Gasteiger charge is 2.11. The zero-order valence-corrected chi connectivity index (χ0v) is 12.3. The molecular formula is C16H24N2O. The zero-order valence-electron chi connectivity index (χ0n) is 12.3. The largest absolute Gasteiger partial charge is 0.459 e. The lowest BCUT2D eigenvalue weighted by molar-refractivity contribution is 0.400. The quantitative estimate of drug-likeness (QED) is 0.808. The van der Waals surface area contributed by atoms with Crippen LogP contribution in [0, 0.1) is 0 Å². The summed E-state index contributed by atoms with van der Waals surface area (Å²) in [6.45, 7) is 10.5. The van der Waals surface area contributed by atoms with Gasteiger partial charge >= 0.3 is 0 Å². The molecule has 3 nitrogen and oxygen atoms in total. The lowest BCUT2D eigenvalue weighted by atomic mass is 10.1.